The van der Waals surface area contributed by atoms with Crippen molar-refractivity contribution in [2.24, 2.45) is 0 Å². The second-order valence-electron chi connectivity index (χ2n) is 3.46. The molecule has 2 aromatic rings. The SMILES string of the molecule is Nc1ccc(-c2ccc(F)c(F)c2F)cc1F. The predicted octanol–water partition coefficient (Wildman–Crippen LogP) is 3.49. The molecule has 0 heterocycles. The van der Waals surface area contributed by atoms with Gasteiger partial charge in [0.05, 0.1) is 5.69 Å². The van der Waals surface area contributed by atoms with Crippen molar-refractivity contribution in [1.29, 1.82) is 0 Å². The molecule has 5 heteroatoms. The lowest BCUT2D eigenvalue weighted by Gasteiger charge is -2.06. The average molecular weight is 241 g/mol. The zero-order valence-electron chi connectivity index (χ0n) is 8.48. The van der Waals surface area contributed by atoms with E-state index < -0.39 is 23.3 Å². The average Bonchev–Trinajstić information content (AvgIpc) is 2.30. The van der Waals surface area contributed by atoms with Crippen LogP contribution in [0.3, 0.4) is 0 Å². The summed E-state index contributed by atoms with van der Waals surface area (Å²) in [6, 6.07) is 5.34. The van der Waals surface area contributed by atoms with E-state index in [1.165, 1.54) is 12.1 Å². The van der Waals surface area contributed by atoms with Gasteiger partial charge in [0, 0.05) is 5.56 Å². The van der Waals surface area contributed by atoms with E-state index in [4.69, 9.17) is 5.73 Å². The van der Waals surface area contributed by atoms with Gasteiger partial charge in [-0.1, -0.05) is 6.07 Å². The maximum atomic E-state index is 13.4. The topological polar surface area (TPSA) is 26.0 Å². The van der Waals surface area contributed by atoms with Crippen molar-refractivity contribution in [3.05, 3.63) is 53.6 Å². The molecule has 0 atom stereocenters. The molecule has 0 unspecified atom stereocenters. The molecule has 0 bridgehead atoms. The maximum Gasteiger partial charge on any atom is 0.195 e. The second kappa shape index (κ2) is 4.08. The number of benzene rings is 2. The molecular weight excluding hydrogens is 234 g/mol. The fourth-order valence-corrected chi connectivity index (χ4v) is 1.44. The van der Waals surface area contributed by atoms with Crippen molar-refractivity contribution in [3.8, 4) is 11.1 Å². The summed E-state index contributed by atoms with van der Waals surface area (Å²) in [6.45, 7) is 0. The largest absolute Gasteiger partial charge is 0.396 e. The van der Waals surface area contributed by atoms with Crippen molar-refractivity contribution < 1.29 is 17.6 Å². The normalized spacial score (nSPS) is 10.6. The summed E-state index contributed by atoms with van der Waals surface area (Å²) >= 11 is 0. The molecule has 0 aliphatic heterocycles. The molecule has 2 N–H and O–H groups in total. The van der Waals surface area contributed by atoms with Crippen molar-refractivity contribution in [2.75, 3.05) is 5.73 Å². The van der Waals surface area contributed by atoms with Gasteiger partial charge in [0.2, 0.25) is 0 Å². The second-order valence-corrected chi connectivity index (χ2v) is 3.46. The first-order valence-corrected chi connectivity index (χ1v) is 4.69. The summed E-state index contributed by atoms with van der Waals surface area (Å²) in [7, 11) is 0. The highest BCUT2D eigenvalue weighted by molar-refractivity contribution is 5.66. The Bertz CT molecular complexity index is 581. The smallest absolute Gasteiger partial charge is 0.195 e. The molecule has 2 aromatic carbocycles. The van der Waals surface area contributed by atoms with Gasteiger partial charge in [0.15, 0.2) is 17.5 Å². The number of hydrogen-bond acceptors (Lipinski definition) is 1. The number of halogens is 4. The number of hydrogen-bond donors (Lipinski definition) is 1. The van der Waals surface area contributed by atoms with Gasteiger partial charge in [-0.15, -0.1) is 0 Å². The molecular formula is C12H7F4N. The molecule has 0 aromatic heterocycles. The Morgan fingerprint density at radius 3 is 2.12 bits per heavy atom. The quantitative estimate of drug-likeness (QED) is 0.461. The monoisotopic (exact) mass is 241 g/mol. The van der Waals surface area contributed by atoms with Crippen molar-refractivity contribution >= 4 is 5.69 Å². The van der Waals surface area contributed by atoms with E-state index in [1.807, 2.05) is 0 Å². The van der Waals surface area contributed by atoms with Crippen molar-refractivity contribution in [1.82, 2.24) is 0 Å². The highest BCUT2D eigenvalue weighted by Crippen LogP contribution is 2.27. The molecule has 0 saturated heterocycles. The van der Waals surface area contributed by atoms with Gasteiger partial charge in [-0.05, 0) is 29.8 Å². The zero-order valence-corrected chi connectivity index (χ0v) is 8.48. The van der Waals surface area contributed by atoms with Crippen LogP contribution in [0.2, 0.25) is 0 Å². The minimum atomic E-state index is -1.58. The van der Waals surface area contributed by atoms with E-state index in [9.17, 15) is 17.6 Å². The highest BCUT2D eigenvalue weighted by atomic mass is 19.2. The predicted molar refractivity (Wildman–Crippen MR) is 56.1 cm³/mol. The summed E-state index contributed by atoms with van der Waals surface area (Å²) in [5.74, 6) is -4.97. The molecule has 0 radical (unpaired) electrons. The van der Waals surface area contributed by atoms with E-state index in [2.05, 4.69) is 0 Å². The van der Waals surface area contributed by atoms with E-state index in [0.717, 1.165) is 18.2 Å². The third-order valence-corrected chi connectivity index (χ3v) is 2.35. The fourth-order valence-electron chi connectivity index (χ4n) is 1.44. The third-order valence-electron chi connectivity index (χ3n) is 2.35. The van der Waals surface area contributed by atoms with Gasteiger partial charge >= 0.3 is 0 Å². The number of nitrogen functional groups attached to an aromatic ring is 1. The number of rotatable bonds is 1. The first-order chi connectivity index (χ1) is 8.00. The van der Waals surface area contributed by atoms with Crippen LogP contribution >= 0.6 is 0 Å². The Morgan fingerprint density at radius 1 is 0.765 bits per heavy atom. The standard InChI is InChI=1S/C12H7F4N/c13-8-3-2-7(11(15)12(8)16)6-1-4-10(17)9(14)5-6/h1-5H,17H2. The first-order valence-electron chi connectivity index (χ1n) is 4.69. The lowest BCUT2D eigenvalue weighted by atomic mass is 10.0. The molecule has 17 heavy (non-hydrogen) atoms. The minimum absolute atomic E-state index is 0.0908. The lowest BCUT2D eigenvalue weighted by molar-refractivity contribution is 0.449. The molecule has 0 fully saturated rings. The summed E-state index contributed by atoms with van der Waals surface area (Å²) in [5.41, 5.74) is 5.03. The fraction of sp³-hybridized carbons (Fsp3) is 0. The van der Waals surface area contributed by atoms with Crippen LogP contribution < -0.4 is 5.73 Å². The first kappa shape index (κ1) is 11.4. The Hall–Kier alpha value is -2.04. The van der Waals surface area contributed by atoms with Crippen LogP contribution in [-0.4, -0.2) is 0 Å². The Labute approximate surface area is 94.5 Å². The van der Waals surface area contributed by atoms with Crippen molar-refractivity contribution in [2.45, 2.75) is 0 Å². The van der Waals surface area contributed by atoms with Gasteiger partial charge in [-0.2, -0.15) is 0 Å². The molecule has 2 rings (SSSR count). The van der Waals surface area contributed by atoms with E-state index in [0.29, 0.717) is 0 Å². The van der Waals surface area contributed by atoms with Gasteiger partial charge in [-0.3, -0.25) is 0 Å². The summed E-state index contributed by atoms with van der Waals surface area (Å²) in [5, 5.41) is 0. The van der Waals surface area contributed by atoms with E-state index in [1.54, 1.807) is 0 Å². The van der Waals surface area contributed by atoms with Gasteiger partial charge in [-0.25, -0.2) is 17.6 Å². The highest BCUT2D eigenvalue weighted by Gasteiger charge is 2.15. The van der Waals surface area contributed by atoms with Gasteiger partial charge < -0.3 is 5.73 Å². The minimum Gasteiger partial charge on any atom is -0.396 e. The van der Waals surface area contributed by atoms with Gasteiger partial charge in [0.1, 0.15) is 5.82 Å². The van der Waals surface area contributed by atoms with Crippen molar-refractivity contribution in [3.63, 3.8) is 0 Å². The Kier molecular flexibility index (Phi) is 2.75. The lowest BCUT2D eigenvalue weighted by Crippen LogP contribution is -1.95. The summed E-state index contributed by atoms with van der Waals surface area (Å²) in [6.07, 6.45) is 0. The van der Waals surface area contributed by atoms with Crippen LogP contribution in [0.15, 0.2) is 30.3 Å². The molecule has 0 saturated carbocycles. The van der Waals surface area contributed by atoms with E-state index >= 15 is 0 Å². The Balaban J connectivity index is 2.61. The number of nitrogens with two attached hydrogens (primary N) is 1. The van der Waals surface area contributed by atoms with Crippen LogP contribution in [0.4, 0.5) is 23.2 Å². The summed E-state index contributed by atoms with van der Waals surface area (Å²) < 4.78 is 52.3. The summed E-state index contributed by atoms with van der Waals surface area (Å²) in [4.78, 5) is 0. The van der Waals surface area contributed by atoms with E-state index in [-0.39, 0.29) is 16.8 Å². The molecule has 88 valence electrons. The van der Waals surface area contributed by atoms with Crippen LogP contribution in [0.5, 0.6) is 0 Å². The van der Waals surface area contributed by atoms with Gasteiger partial charge in [0.25, 0.3) is 0 Å². The molecule has 0 amide bonds. The number of anilines is 1. The maximum absolute atomic E-state index is 13.4. The van der Waals surface area contributed by atoms with Crippen LogP contribution in [0, 0.1) is 23.3 Å². The molecule has 0 aliphatic rings. The molecule has 1 nitrogen and oxygen atoms in total. The third kappa shape index (κ3) is 1.95. The molecule has 0 aliphatic carbocycles. The molecule has 0 spiro atoms. The van der Waals surface area contributed by atoms with Crippen LogP contribution in [-0.2, 0) is 0 Å². The zero-order chi connectivity index (χ0) is 12.6. The van der Waals surface area contributed by atoms with Crippen LogP contribution in [0.1, 0.15) is 0 Å². The van der Waals surface area contributed by atoms with Crippen LogP contribution in [0.25, 0.3) is 11.1 Å². The Morgan fingerprint density at radius 2 is 1.47 bits per heavy atom.